The Balaban J connectivity index is 2.13. The third-order valence-corrected chi connectivity index (χ3v) is 4.57. The Hall–Kier alpha value is -0.570. The van der Waals surface area contributed by atoms with Crippen molar-refractivity contribution in [3.63, 3.8) is 0 Å². The molecule has 3 N–H and O–H groups in total. The summed E-state index contributed by atoms with van der Waals surface area (Å²) in [6, 6.07) is 0. The first kappa shape index (κ1) is 11.9. The van der Waals surface area contributed by atoms with Gasteiger partial charge in [0.25, 0.3) is 0 Å². The van der Waals surface area contributed by atoms with Gasteiger partial charge in [-0.15, -0.1) is 0 Å². The van der Waals surface area contributed by atoms with Crippen molar-refractivity contribution in [1.29, 1.82) is 0 Å². The summed E-state index contributed by atoms with van der Waals surface area (Å²) in [5, 5.41) is 3.51. The zero-order valence-electron chi connectivity index (χ0n) is 10.5. The van der Waals surface area contributed by atoms with E-state index in [9.17, 15) is 4.79 Å². The highest BCUT2D eigenvalue weighted by Gasteiger charge is 2.51. The van der Waals surface area contributed by atoms with Crippen LogP contribution in [-0.2, 0) is 4.79 Å². The van der Waals surface area contributed by atoms with Crippen LogP contribution < -0.4 is 11.1 Å². The zero-order valence-corrected chi connectivity index (χ0v) is 10.5. The van der Waals surface area contributed by atoms with Crippen LogP contribution in [0.25, 0.3) is 0 Å². The van der Waals surface area contributed by atoms with Crippen LogP contribution in [0.4, 0.5) is 0 Å². The van der Waals surface area contributed by atoms with Gasteiger partial charge in [-0.1, -0.05) is 26.7 Å². The third-order valence-electron chi connectivity index (χ3n) is 4.57. The smallest absolute Gasteiger partial charge is 0.238 e. The summed E-state index contributed by atoms with van der Waals surface area (Å²) >= 11 is 0. The van der Waals surface area contributed by atoms with E-state index in [-0.39, 0.29) is 11.3 Å². The molecule has 2 fully saturated rings. The van der Waals surface area contributed by atoms with Crippen molar-refractivity contribution in [1.82, 2.24) is 5.32 Å². The van der Waals surface area contributed by atoms with E-state index in [4.69, 9.17) is 5.73 Å². The van der Waals surface area contributed by atoms with Gasteiger partial charge < -0.3 is 11.1 Å². The van der Waals surface area contributed by atoms with Crippen molar-refractivity contribution in [2.24, 2.45) is 17.1 Å². The van der Waals surface area contributed by atoms with E-state index in [2.05, 4.69) is 19.2 Å². The number of carbonyl (C=O) groups excluding carboxylic acids is 1. The van der Waals surface area contributed by atoms with Crippen LogP contribution in [-0.4, -0.2) is 18.0 Å². The van der Waals surface area contributed by atoms with E-state index in [0.717, 1.165) is 31.7 Å². The molecule has 2 rings (SSSR count). The normalized spacial score (nSPS) is 33.6. The minimum atomic E-state index is -0.464. The lowest BCUT2D eigenvalue weighted by atomic mass is 9.62. The predicted molar refractivity (Wildman–Crippen MR) is 64.9 cm³/mol. The molecule has 1 unspecified atom stereocenters. The standard InChI is InChI=1S/C13H24N2O/c1-12(2)7-3-4-8-13(12,11(14)16)15-9-10-5-6-10/h10,15H,3-9H2,1-2H3,(H2,14,16). The van der Waals surface area contributed by atoms with E-state index in [1.807, 2.05) is 0 Å². The summed E-state index contributed by atoms with van der Waals surface area (Å²) in [4.78, 5) is 11.9. The summed E-state index contributed by atoms with van der Waals surface area (Å²) in [6.45, 7) is 5.32. The Bertz CT molecular complexity index is 284. The largest absolute Gasteiger partial charge is 0.368 e. The number of hydrogen-bond donors (Lipinski definition) is 2. The molecule has 16 heavy (non-hydrogen) atoms. The fraction of sp³-hybridized carbons (Fsp3) is 0.923. The maximum Gasteiger partial charge on any atom is 0.238 e. The first-order valence-corrected chi connectivity index (χ1v) is 6.53. The minimum absolute atomic E-state index is 0.00796. The number of primary amides is 1. The number of nitrogens with two attached hydrogens (primary N) is 1. The Morgan fingerprint density at radius 3 is 2.44 bits per heavy atom. The van der Waals surface area contributed by atoms with Crippen molar-refractivity contribution in [3.05, 3.63) is 0 Å². The van der Waals surface area contributed by atoms with Crippen LogP contribution in [0.15, 0.2) is 0 Å². The molecule has 92 valence electrons. The highest BCUT2D eigenvalue weighted by atomic mass is 16.1. The lowest BCUT2D eigenvalue weighted by molar-refractivity contribution is -0.131. The first-order chi connectivity index (χ1) is 7.48. The van der Waals surface area contributed by atoms with Crippen molar-refractivity contribution in [3.8, 4) is 0 Å². The summed E-state index contributed by atoms with van der Waals surface area (Å²) in [7, 11) is 0. The molecule has 0 bridgehead atoms. The van der Waals surface area contributed by atoms with Gasteiger partial charge in [-0.3, -0.25) is 4.79 Å². The molecular formula is C13H24N2O. The second kappa shape index (κ2) is 4.02. The van der Waals surface area contributed by atoms with Crippen LogP contribution in [0.2, 0.25) is 0 Å². The molecule has 0 radical (unpaired) electrons. The quantitative estimate of drug-likeness (QED) is 0.765. The van der Waals surface area contributed by atoms with Gasteiger partial charge in [0.1, 0.15) is 5.54 Å². The molecule has 3 heteroatoms. The van der Waals surface area contributed by atoms with E-state index in [1.54, 1.807) is 0 Å². The highest BCUT2D eigenvalue weighted by molar-refractivity contribution is 5.85. The molecule has 1 amide bonds. The van der Waals surface area contributed by atoms with E-state index in [1.165, 1.54) is 19.3 Å². The Morgan fingerprint density at radius 1 is 1.31 bits per heavy atom. The fourth-order valence-electron chi connectivity index (χ4n) is 3.02. The molecule has 0 aromatic heterocycles. The van der Waals surface area contributed by atoms with E-state index < -0.39 is 5.54 Å². The van der Waals surface area contributed by atoms with Crippen molar-refractivity contribution >= 4 is 5.91 Å². The third kappa shape index (κ3) is 1.97. The molecule has 0 heterocycles. The maximum absolute atomic E-state index is 11.9. The van der Waals surface area contributed by atoms with Gasteiger partial charge in [0.2, 0.25) is 5.91 Å². The molecule has 2 saturated carbocycles. The predicted octanol–water partition coefficient (Wildman–Crippen LogP) is 1.81. The second-order valence-corrected chi connectivity index (χ2v) is 6.18. The van der Waals surface area contributed by atoms with Crippen LogP contribution in [0.1, 0.15) is 52.4 Å². The van der Waals surface area contributed by atoms with Gasteiger partial charge in [0, 0.05) is 0 Å². The number of hydrogen-bond acceptors (Lipinski definition) is 2. The molecular weight excluding hydrogens is 200 g/mol. The van der Waals surface area contributed by atoms with Crippen molar-refractivity contribution in [2.45, 2.75) is 57.9 Å². The number of amides is 1. The van der Waals surface area contributed by atoms with Crippen LogP contribution in [0.5, 0.6) is 0 Å². The summed E-state index contributed by atoms with van der Waals surface area (Å²) in [5.74, 6) is 0.631. The summed E-state index contributed by atoms with van der Waals surface area (Å²) in [6.07, 6.45) is 6.94. The Labute approximate surface area is 98.2 Å². The van der Waals surface area contributed by atoms with Gasteiger partial charge >= 0.3 is 0 Å². The summed E-state index contributed by atoms with van der Waals surface area (Å²) < 4.78 is 0. The highest BCUT2D eigenvalue weighted by Crippen LogP contribution is 2.44. The second-order valence-electron chi connectivity index (χ2n) is 6.18. The van der Waals surface area contributed by atoms with Crippen LogP contribution >= 0.6 is 0 Å². The van der Waals surface area contributed by atoms with Crippen LogP contribution in [0.3, 0.4) is 0 Å². The molecule has 2 aliphatic rings. The molecule has 0 aliphatic heterocycles. The summed E-state index contributed by atoms with van der Waals surface area (Å²) in [5.41, 5.74) is 5.21. The maximum atomic E-state index is 11.9. The molecule has 0 spiro atoms. The first-order valence-electron chi connectivity index (χ1n) is 6.53. The Kier molecular flexibility index (Phi) is 2.99. The Morgan fingerprint density at radius 2 is 1.94 bits per heavy atom. The van der Waals surface area contributed by atoms with E-state index >= 15 is 0 Å². The van der Waals surface area contributed by atoms with Gasteiger partial charge in [0.05, 0.1) is 0 Å². The van der Waals surface area contributed by atoms with Gasteiger partial charge in [0.15, 0.2) is 0 Å². The number of nitrogens with one attached hydrogen (secondary N) is 1. The van der Waals surface area contributed by atoms with Crippen molar-refractivity contribution in [2.75, 3.05) is 6.54 Å². The monoisotopic (exact) mass is 224 g/mol. The van der Waals surface area contributed by atoms with Crippen LogP contribution in [0, 0.1) is 11.3 Å². The lowest BCUT2D eigenvalue weighted by Gasteiger charge is -2.48. The van der Waals surface area contributed by atoms with Crippen molar-refractivity contribution < 1.29 is 4.79 Å². The SMILES string of the molecule is CC1(C)CCCCC1(NCC1CC1)C(N)=O. The number of carbonyl (C=O) groups is 1. The fourth-order valence-corrected chi connectivity index (χ4v) is 3.02. The molecule has 0 aromatic rings. The number of rotatable bonds is 4. The lowest BCUT2D eigenvalue weighted by Crippen LogP contribution is -2.65. The molecule has 2 aliphatic carbocycles. The van der Waals surface area contributed by atoms with Gasteiger partial charge in [-0.05, 0) is 43.6 Å². The van der Waals surface area contributed by atoms with Gasteiger partial charge in [-0.25, -0.2) is 0 Å². The average Bonchev–Trinajstić information content (AvgIpc) is 2.99. The average molecular weight is 224 g/mol. The molecule has 0 saturated heterocycles. The topological polar surface area (TPSA) is 55.1 Å². The molecule has 0 aromatic carbocycles. The van der Waals surface area contributed by atoms with E-state index in [0.29, 0.717) is 0 Å². The molecule has 3 nitrogen and oxygen atoms in total. The minimum Gasteiger partial charge on any atom is -0.368 e. The molecule has 1 atom stereocenters. The zero-order chi connectivity index (χ0) is 11.8. The van der Waals surface area contributed by atoms with Gasteiger partial charge in [-0.2, -0.15) is 0 Å².